The van der Waals surface area contributed by atoms with Crippen LogP contribution in [-0.2, 0) is 16.1 Å². The Balaban J connectivity index is 1.43. The monoisotopic (exact) mass is 377 g/mol. The second-order valence-corrected chi connectivity index (χ2v) is 7.54. The molecule has 0 aliphatic carbocycles. The molecule has 0 unspecified atom stereocenters. The molecule has 4 rings (SSSR count). The summed E-state index contributed by atoms with van der Waals surface area (Å²) in [6.07, 6.45) is 1.52. The van der Waals surface area contributed by atoms with Crippen molar-refractivity contribution < 1.29 is 9.53 Å². The molecule has 136 valence electrons. The van der Waals surface area contributed by atoms with Crippen molar-refractivity contribution in [3.8, 4) is 0 Å². The molecular weight excluding hydrogens is 358 g/mol. The lowest BCUT2D eigenvalue weighted by Gasteiger charge is -2.10. The fourth-order valence-corrected chi connectivity index (χ4v) is 4.10. The Morgan fingerprint density at radius 1 is 1.11 bits per heavy atom. The molecular formula is C21H19N3O2S. The van der Waals surface area contributed by atoms with Gasteiger partial charge >= 0.3 is 5.97 Å². The van der Waals surface area contributed by atoms with Crippen LogP contribution in [0.5, 0.6) is 0 Å². The van der Waals surface area contributed by atoms with Crippen LogP contribution in [0.2, 0.25) is 0 Å². The molecule has 0 amide bonds. The van der Waals surface area contributed by atoms with Gasteiger partial charge in [-0.1, -0.05) is 42.5 Å². The van der Waals surface area contributed by atoms with Crippen LogP contribution in [0.3, 0.4) is 0 Å². The van der Waals surface area contributed by atoms with Gasteiger partial charge in [0.1, 0.15) is 30.1 Å². The van der Waals surface area contributed by atoms with Crippen LogP contribution in [0.25, 0.3) is 21.0 Å². The van der Waals surface area contributed by atoms with Gasteiger partial charge in [0.25, 0.3) is 0 Å². The highest BCUT2D eigenvalue weighted by molar-refractivity contribution is 7.18. The third kappa shape index (κ3) is 3.48. The number of anilines is 1. The molecule has 0 aliphatic rings. The van der Waals surface area contributed by atoms with E-state index in [4.69, 9.17) is 4.74 Å². The van der Waals surface area contributed by atoms with Crippen LogP contribution < -0.4 is 5.32 Å². The molecule has 2 aromatic carbocycles. The number of hydrogen-bond acceptors (Lipinski definition) is 6. The molecule has 0 bridgehead atoms. The largest absolute Gasteiger partial charge is 0.459 e. The molecule has 4 aromatic rings. The van der Waals surface area contributed by atoms with E-state index < -0.39 is 0 Å². The second-order valence-electron chi connectivity index (χ2n) is 6.34. The van der Waals surface area contributed by atoms with Crippen molar-refractivity contribution in [1.29, 1.82) is 0 Å². The number of hydrogen-bond donors (Lipinski definition) is 1. The average molecular weight is 377 g/mol. The molecule has 1 N–H and O–H groups in total. The predicted octanol–water partition coefficient (Wildman–Crippen LogP) is 4.62. The van der Waals surface area contributed by atoms with Gasteiger partial charge in [0.2, 0.25) is 0 Å². The van der Waals surface area contributed by atoms with Crippen LogP contribution >= 0.6 is 11.3 Å². The maximum atomic E-state index is 12.2. The highest BCUT2D eigenvalue weighted by Gasteiger charge is 2.13. The van der Waals surface area contributed by atoms with E-state index in [1.54, 1.807) is 11.3 Å². The number of carbonyl (C=O) groups excluding carboxylic acids is 1. The van der Waals surface area contributed by atoms with E-state index in [-0.39, 0.29) is 19.1 Å². The Morgan fingerprint density at radius 2 is 1.93 bits per heavy atom. The summed E-state index contributed by atoms with van der Waals surface area (Å²) in [5.41, 5.74) is 2.14. The number of fused-ring (bicyclic) bond motifs is 2. The van der Waals surface area contributed by atoms with Gasteiger partial charge in [-0.2, -0.15) is 0 Å². The highest BCUT2D eigenvalue weighted by Crippen LogP contribution is 2.32. The quantitative estimate of drug-likeness (QED) is 0.514. The molecule has 0 radical (unpaired) electrons. The van der Waals surface area contributed by atoms with Crippen LogP contribution in [0.1, 0.15) is 16.0 Å². The third-order valence-electron chi connectivity index (χ3n) is 4.63. The van der Waals surface area contributed by atoms with Gasteiger partial charge in [-0.15, -0.1) is 11.3 Å². The molecule has 2 aromatic heterocycles. The van der Waals surface area contributed by atoms with Gasteiger partial charge in [-0.25, -0.2) is 9.97 Å². The Labute approximate surface area is 161 Å². The van der Waals surface area contributed by atoms with Crippen molar-refractivity contribution in [2.24, 2.45) is 0 Å². The number of esters is 1. The first-order valence-corrected chi connectivity index (χ1v) is 9.52. The number of nitrogens with zero attached hydrogens (tertiary/aromatic N) is 2. The first-order valence-electron chi connectivity index (χ1n) is 8.70. The van der Waals surface area contributed by atoms with Crippen LogP contribution in [0, 0.1) is 13.8 Å². The van der Waals surface area contributed by atoms with Gasteiger partial charge in [0.15, 0.2) is 0 Å². The van der Waals surface area contributed by atoms with E-state index >= 15 is 0 Å². The number of aromatic nitrogens is 2. The lowest BCUT2D eigenvalue weighted by atomic mass is 10.1. The van der Waals surface area contributed by atoms with E-state index in [0.29, 0.717) is 5.82 Å². The maximum Gasteiger partial charge on any atom is 0.325 e. The summed E-state index contributed by atoms with van der Waals surface area (Å²) in [7, 11) is 0. The topological polar surface area (TPSA) is 64.1 Å². The first kappa shape index (κ1) is 17.4. The standard InChI is InChI=1S/C21H19N3O2S/c1-13-14(2)27-21-19(13)20(23-12-24-21)22-10-18(25)26-11-16-8-5-7-15-6-3-4-9-17(15)16/h3-9,12H,10-11H2,1-2H3,(H,22,23,24). The Kier molecular flexibility index (Phi) is 4.73. The average Bonchev–Trinajstić information content (AvgIpc) is 2.99. The molecule has 0 fully saturated rings. The van der Waals surface area contributed by atoms with Gasteiger partial charge in [-0.3, -0.25) is 4.79 Å². The summed E-state index contributed by atoms with van der Waals surface area (Å²) in [4.78, 5) is 22.9. The van der Waals surface area contributed by atoms with E-state index in [1.807, 2.05) is 49.4 Å². The van der Waals surface area contributed by atoms with Crippen LogP contribution in [-0.4, -0.2) is 22.5 Å². The normalized spacial score (nSPS) is 11.0. The minimum absolute atomic E-state index is 0.0607. The number of ether oxygens (including phenoxy) is 1. The number of rotatable bonds is 5. The lowest BCUT2D eigenvalue weighted by molar-refractivity contribution is -0.142. The molecule has 0 aliphatic heterocycles. The maximum absolute atomic E-state index is 12.2. The summed E-state index contributed by atoms with van der Waals surface area (Å²) in [6.45, 7) is 4.41. The van der Waals surface area contributed by atoms with Gasteiger partial charge in [-0.05, 0) is 35.7 Å². The smallest absolute Gasteiger partial charge is 0.325 e. The van der Waals surface area contributed by atoms with Crippen molar-refractivity contribution in [2.45, 2.75) is 20.5 Å². The van der Waals surface area contributed by atoms with Crippen molar-refractivity contribution >= 4 is 44.1 Å². The molecule has 27 heavy (non-hydrogen) atoms. The van der Waals surface area contributed by atoms with Crippen LogP contribution in [0.15, 0.2) is 48.8 Å². The molecule has 5 nitrogen and oxygen atoms in total. The molecule has 0 saturated heterocycles. The van der Waals surface area contributed by atoms with E-state index in [0.717, 1.165) is 32.1 Å². The van der Waals surface area contributed by atoms with Crippen molar-refractivity contribution in [3.05, 3.63) is 64.8 Å². The van der Waals surface area contributed by atoms with Crippen molar-refractivity contribution in [1.82, 2.24) is 9.97 Å². The zero-order valence-corrected chi connectivity index (χ0v) is 16.0. The van der Waals surface area contributed by atoms with Gasteiger partial charge in [0.05, 0.1) is 5.39 Å². The number of carbonyl (C=O) groups is 1. The third-order valence-corrected chi connectivity index (χ3v) is 5.75. The molecule has 0 saturated carbocycles. The lowest BCUT2D eigenvalue weighted by Crippen LogP contribution is -2.17. The Bertz CT molecular complexity index is 1130. The zero-order chi connectivity index (χ0) is 18.8. The molecule has 6 heteroatoms. The van der Waals surface area contributed by atoms with Crippen molar-refractivity contribution in [2.75, 3.05) is 11.9 Å². The summed E-state index contributed by atoms with van der Waals surface area (Å²) < 4.78 is 5.46. The zero-order valence-electron chi connectivity index (χ0n) is 15.2. The SMILES string of the molecule is Cc1sc2ncnc(NCC(=O)OCc3cccc4ccccc34)c2c1C. The van der Waals surface area contributed by atoms with E-state index in [9.17, 15) is 4.79 Å². The number of thiophene rings is 1. The summed E-state index contributed by atoms with van der Waals surface area (Å²) in [5.74, 6) is 0.350. The fraction of sp³-hybridized carbons (Fsp3) is 0.190. The van der Waals surface area contributed by atoms with E-state index in [1.165, 1.54) is 11.2 Å². The Hall–Kier alpha value is -2.99. The number of aryl methyl sites for hydroxylation is 2. The Morgan fingerprint density at radius 3 is 2.81 bits per heavy atom. The first-order chi connectivity index (χ1) is 13.1. The number of benzene rings is 2. The number of nitrogens with one attached hydrogen (secondary N) is 1. The van der Waals surface area contributed by atoms with E-state index in [2.05, 4.69) is 22.2 Å². The predicted molar refractivity (Wildman–Crippen MR) is 109 cm³/mol. The summed E-state index contributed by atoms with van der Waals surface area (Å²) in [5, 5.41) is 6.30. The summed E-state index contributed by atoms with van der Waals surface area (Å²) in [6, 6.07) is 14.1. The van der Waals surface area contributed by atoms with Gasteiger partial charge in [0, 0.05) is 4.88 Å². The molecule has 0 spiro atoms. The molecule has 2 heterocycles. The summed E-state index contributed by atoms with van der Waals surface area (Å²) >= 11 is 1.63. The van der Waals surface area contributed by atoms with Crippen molar-refractivity contribution in [3.63, 3.8) is 0 Å². The second kappa shape index (κ2) is 7.32. The minimum Gasteiger partial charge on any atom is -0.459 e. The molecule has 0 atom stereocenters. The fourth-order valence-electron chi connectivity index (χ4n) is 3.10. The highest BCUT2D eigenvalue weighted by atomic mass is 32.1. The minimum atomic E-state index is -0.320. The van der Waals surface area contributed by atoms with Gasteiger partial charge < -0.3 is 10.1 Å². The van der Waals surface area contributed by atoms with Crippen LogP contribution in [0.4, 0.5) is 5.82 Å².